The van der Waals surface area contributed by atoms with Gasteiger partial charge in [-0.2, -0.15) is 4.98 Å². The van der Waals surface area contributed by atoms with Crippen molar-refractivity contribution in [2.75, 3.05) is 7.11 Å². The molecule has 0 aliphatic rings. The molecule has 0 amide bonds. The zero-order chi connectivity index (χ0) is 18.2. The molecule has 3 aromatic heterocycles. The van der Waals surface area contributed by atoms with Gasteiger partial charge in [0.25, 0.3) is 0 Å². The number of thioether (sulfide) groups is 1. The van der Waals surface area contributed by atoms with Crippen LogP contribution in [0.3, 0.4) is 0 Å². The predicted octanol–water partition coefficient (Wildman–Crippen LogP) is 4.29. The molecule has 0 aliphatic heterocycles. The Morgan fingerprint density at radius 1 is 1.11 bits per heavy atom. The third-order valence-corrected chi connectivity index (χ3v) is 5.98. The molecule has 7 nitrogen and oxygen atoms in total. The monoisotopic (exact) mass is 395 g/mol. The van der Waals surface area contributed by atoms with Gasteiger partial charge in [-0.1, -0.05) is 52.5 Å². The fraction of sp³-hybridized carbons (Fsp3) is 0.111. The van der Waals surface area contributed by atoms with Crippen LogP contribution in [0.25, 0.3) is 26.6 Å². The highest BCUT2D eigenvalue weighted by Crippen LogP contribution is 2.31. The number of nitrogens with zero attached hydrogens (tertiary/aromatic N) is 5. The second-order valence-corrected chi connectivity index (χ2v) is 7.62. The molecule has 0 bridgehead atoms. The molecule has 5 rings (SSSR count). The summed E-state index contributed by atoms with van der Waals surface area (Å²) in [6.07, 6.45) is 0. The standard InChI is InChI=1S/C18H13N5O2S2/c1-24-13-8-4-2-6-11(13)16-19-15(25-22-16)10-26-17-20-21-18-23(17)12-7-3-5-9-14(12)27-18/h2-9H,10H2,1H3. The number of rotatable bonds is 5. The number of hydrogen-bond donors (Lipinski definition) is 0. The first-order valence-corrected chi connectivity index (χ1v) is 9.95. The highest BCUT2D eigenvalue weighted by molar-refractivity contribution is 7.98. The molecule has 5 aromatic rings. The van der Waals surface area contributed by atoms with Gasteiger partial charge in [0.05, 0.1) is 28.6 Å². The highest BCUT2D eigenvalue weighted by Gasteiger charge is 2.16. The van der Waals surface area contributed by atoms with E-state index < -0.39 is 0 Å². The molecule has 27 heavy (non-hydrogen) atoms. The summed E-state index contributed by atoms with van der Waals surface area (Å²) >= 11 is 3.14. The largest absolute Gasteiger partial charge is 0.496 e. The number of thiazole rings is 1. The van der Waals surface area contributed by atoms with Crippen molar-refractivity contribution < 1.29 is 9.26 Å². The van der Waals surface area contributed by atoms with E-state index in [1.54, 1.807) is 18.4 Å². The summed E-state index contributed by atoms with van der Waals surface area (Å²) < 4.78 is 14.0. The van der Waals surface area contributed by atoms with Gasteiger partial charge in [-0.15, -0.1) is 10.2 Å². The van der Waals surface area contributed by atoms with Crippen LogP contribution in [0.5, 0.6) is 5.75 Å². The molecule has 0 aliphatic carbocycles. The summed E-state index contributed by atoms with van der Waals surface area (Å²) in [6, 6.07) is 15.8. The summed E-state index contributed by atoms with van der Waals surface area (Å²) in [5.41, 5.74) is 1.90. The molecule has 0 spiro atoms. The lowest BCUT2D eigenvalue weighted by Crippen LogP contribution is -1.89. The van der Waals surface area contributed by atoms with E-state index in [0.717, 1.165) is 21.2 Å². The maximum atomic E-state index is 5.41. The molecule has 134 valence electrons. The molecular formula is C18H13N5O2S2. The molecular weight excluding hydrogens is 382 g/mol. The number of para-hydroxylation sites is 2. The van der Waals surface area contributed by atoms with Crippen LogP contribution < -0.4 is 4.74 Å². The first-order valence-electron chi connectivity index (χ1n) is 8.15. The van der Waals surface area contributed by atoms with Crippen molar-refractivity contribution in [1.82, 2.24) is 24.7 Å². The van der Waals surface area contributed by atoms with Gasteiger partial charge in [0.15, 0.2) is 5.16 Å². The van der Waals surface area contributed by atoms with Crippen LogP contribution >= 0.6 is 23.1 Å². The third-order valence-electron chi connectivity index (χ3n) is 4.05. The number of benzene rings is 2. The normalized spacial score (nSPS) is 11.4. The van der Waals surface area contributed by atoms with E-state index >= 15 is 0 Å². The minimum atomic E-state index is 0.507. The highest BCUT2D eigenvalue weighted by atomic mass is 32.2. The first kappa shape index (κ1) is 16.3. The SMILES string of the molecule is COc1ccccc1-c1noc(CSc2nnc3sc4ccccc4n23)n1. The first-order chi connectivity index (χ1) is 13.3. The van der Waals surface area contributed by atoms with Gasteiger partial charge in [0, 0.05) is 0 Å². The maximum absolute atomic E-state index is 5.41. The van der Waals surface area contributed by atoms with Crippen molar-refractivity contribution in [3.8, 4) is 17.1 Å². The van der Waals surface area contributed by atoms with Crippen LogP contribution in [0, 0.1) is 0 Å². The van der Waals surface area contributed by atoms with Crippen molar-refractivity contribution in [1.29, 1.82) is 0 Å². The molecule has 9 heteroatoms. The second kappa shape index (κ2) is 6.67. The molecule has 0 fully saturated rings. The zero-order valence-corrected chi connectivity index (χ0v) is 15.8. The van der Waals surface area contributed by atoms with Gasteiger partial charge in [0.1, 0.15) is 5.75 Å². The fourth-order valence-corrected chi connectivity index (χ4v) is 4.63. The van der Waals surface area contributed by atoms with E-state index in [4.69, 9.17) is 9.26 Å². The lowest BCUT2D eigenvalue weighted by Gasteiger charge is -2.02. The Kier molecular flexibility index (Phi) is 4.02. The Morgan fingerprint density at radius 2 is 1.96 bits per heavy atom. The number of hydrogen-bond acceptors (Lipinski definition) is 8. The van der Waals surface area contributed by atoms with Gasteiger partial charge >= 0.3 is 0 Å². The summed E-state index contributed by atoms with van der Waals surface area (Å²) in [7, 11) is 1.62. The molecule has 0 atom stereocenters. The molecule has 0 N–H and O–H groups in total. The average molecular weight is 395 g/mol. The number of aromatic nitrogens is 5. The molecule has 0 saturated carbocycles. The third kappa shape index (κ3) is 2.84. The predicted molar refractivity (Wildman–Crippen MR) is 104 cm³/mol. The topological polar surface area (TPSA) is 78.3 Å². The lowest BCUT2D eigenvalue weighted by molar-refractivity contribution is 0.390. The van der Waals surface area contributed by atoms with E-state index in [2.05, 4.69) is 36.9 Å². The number of ether oxygens (including phenoxy) is 1. The van der Waals surface area contributed by atoms with Crippen molar-refractivity contribution >= 4 is 38.3 Å². The minimum absolute atomic E-state index is 0.507. The Morgan fingerprint density at radius 3 is 2.89 bits per heavy atom. The van der Waals surface area contributed by atoms with Gasteiger partial charge in [-0.05, 0) is 24.3 Å². The van der Waals surface area contributed by atoms with Gasteiger partial charge in [-0.25, -0.2) is 0 Å². The van der Waals surface area contributed by atoms with E-state index in [-0.39, 0.29) is 0 Å². The Labute approximate surface area is 162 Å². The average Bonchev–Trinajstić information content (AvgIpc) is 3.41. The molecule has 0 radical (unpaired) electrons. The quantitative estimate of drug-likeness (QED) is 0.411. The maximum Gasteiger partial charge on any atom is 0.237 e. The van der Waals surface area contributed by atoms with Crippen LogP contribution in [0.4, 0.5) is 0 Å². The molecule has 2 aromatic carbocycles. The minimum Gasteiger partial charge on any atom is -0.496 e. The number of fused-ring (bicyclic) bond motifs is 3. The van der Waals surface area contributed by atoms with Crippen LogP contribution in [0.1, 0.15) is 5.89 Å². The number of methoxy groups -OCH3 is 1. The molecule has 3 heterocycles. The Hall–Kier alpha value is -2.91. The fourth-order valence-electron chi connectivity index (χ4n) is 2.83. The summed E-state index contributed by atoms with van der Waals surface area (Å²) in [5, 5.41) is 13.4. The van der Waals surface area contributed by atoms with Crippen LogP contribution in [0.15, 0.2) is 58.2 Å². The van der Waals surface area contributed by atoms with E-state index in [9.17, 15) is 0 Å². The summed E-state index contributed by atoms with van der Waals surface area (Å²) in [5.74, 6) is 2.25. The Balaban J connectivity index is 1.41. The van der Waals surface area contributed by atoms with Crippen molar-refractivity contribution in [2.45, 2.75) is 10.9 Å². The smallest absolute Gasteiger partial charge is 0.237 e. The van der Waals surface area contributed by atoms with Gasteiger partial charge in [0.2, 0.25) is 16.7 Å². The van der Waals surface area contributed by atoms with E-state index in [0.29, 0.717) is 23.2 Å². The van der Waals surface area contributed by atoms with Crippen LogP contribution in [0.2, 0.25) is 0 Å². The lowest BCUT2D eigenvalue weighted by atomic mass is 10.2. The van der Waals surface area contributed by atoms with E-state index in [1.807, 2.05) is 36.4 Å². The second-order valence-electron chi connectivity index (χ2n) is 5.67. The Bertz CT molecular complexity index is 1240. The van der Waals surface area contributed by atoms with Crippen molar-refractivity contribution in [3.63, 3.8) is 0 Å². The van der Waals surface area contributed by atoms with Crippen LogP contribution in [-0.4, -0.2) is 31.8 Å². The van der Waals surface area contributed by atoms with Gasteiger partial charge < -0.3 is 9.26 Å². The molecule has 0 unspecified atom stereocenters. The zero-order valence-electron chi connectivity index (χ0n) is 14.2. The molecule has 0 saturated heterocycles. The summed E-state index contributed by atoms with van der Waals surface area (Å²) in [4.78, 5) is 5.36. The van der Waals surface area contributed by atoms with Crippen molar-refractivity contribution in [2.24, 2.45) is 0 Å². The van der Waals surface area contributed by atoms with E-state index in [1.165, 1.54) is 16.5 Å². The van der Waals surface area contributed by atoms with Crippen LogP contribution in [-0.2, 0) is 5.75 Å². The summed E-state index contributed by atoms with van der Waals surface area (Å²) in [6.45, 7) is 0. The van der Waals surface area contributed by atoms with Gasteiger partial charge in [-0.3, -0.25) is 4.40 Å². The van der Waals surface area contributed by atoms with Crippen molar-refractivity contribution in [3.05, 3.63) is 54.4 Å².